The van der Waals surface area contributed by atoms with Crippen molar-refractivity contribution < 1.29 is 4.79 Å². The van der Waals surface area contributed by atoms with Gasteiger partial charge in [0.1, 0.15) is 0 Å². The summed E-state index contributed by atoms with van der Waals surface area (Å²) in [5, 5.41) is 0. The number of nitrogens with zero attached hydrogens (tertiary/aromatic N) is 1. The molecule has 0 fully saturated rings. The summed E-state index contributed by atoms with van der Waals surface area (Å²) in [5.74, 6) is 0.0146. The molecule has 0 radical (unpaired) electrons. The summed E-state index contributed by atoms with van der Waals surface area (Å²) in [6.45, 7) is 5.03. The fourth-order valence-corrected chi connectivity index (χ4v) is 2.68. The highest BCUT2D eigenvalue weighted by Crippen LogP contribution is 2.26. The number of fused-ring (bicyclic) bond motifs is 1. The third-order valence-electron chi connectivity index (χ3n) is 3.81. The molecular weight excluding hydrogens is 246 g/mol. The van der Waals surface area contributed by atoms with E-state index >= 15 is 0 Å². The molecule has 1 amide bonds. The third kappa shape index (κ3) is 2.37. The molecule has 3 rings (SSSR count). The summed E-state index contributed by atoms with van der Waals surface area (Å²) in [6, 6.07) is 16.9. The first-order chi connectivity index (χ1) is 9.78. The Balaban J connectivity index is 1.93. The lowest BCUT2D eigenvalue weighted by atomic mass is 9.94. The molecule has 0 unspecified atom stereocenters. The van der Waals surface area contributed by atoms with E-state index in [0.717, 1.165) is 13.0 Å². The summed E-state index contributed by atoms with van der Waals surface area (Å²) < 4.78 is 0. The van der Waals surface area contributed by atoms with Gasteiger partial charge in [0.15, 0.2) is 0 Å². The molecule has 2 aromatic carbocycles. The number of carbonyl (C=O) groups excluding carboxylic acids is 1. The second kappa shape index (κ2) is 5.33. The van der Waals surface area contributed by atoms with Gasteiger partial charge in [0.2, 0.25) is 5.91 Å². The van der Waals surface area contributed by atoms with Crippen LogP contribution in [0.1, 0.15) is 11.1 Å². The molecule has 1 aliphatic rings. The highest BCUT2D eigenvalue weighted by molar-refractivity contribution is 5.87. The Morgan fingerprint density at radius 3 is 2.60 bits per heavy atom. The molecule has 2 aromatic rings. The van der Waals surface area contributed by atoms with E-state index in [2.05, 4.69) is 36.9 Å². The lowest BCUT2D eigenvalue weighted by molar-refractivity contribution is -0.126. The fourth-order valence-electron chi connectivity index (χ4n) is 2.68. The number of amides is 1. The largest absolute Gasteiger partial charge is 0.335 e. The van der Waals surface area contributed by atoms with Gasteiger partial charge in [-0.1, -0.05) is 49.0 Å². The average molecular weight is 263 g/mol. The zero-order valence-corrected chi connectivity index (χ0v) is 11.4. The van der Waals surface area contributed by atoms with Gasteiger partial charge in [-0.2, -0.15) is 0 Å². The van der Waals surface area contributed by atoms with Crippen molar-refractivity contribution in [2.24, 2.45) is 0 Å². The molecule has 20 heavy (non-hydrogen) atoms. The Kier molecular flexibility index (Phi) is 3.38. The summed E-state index contributed by atoms with van der Waals surface area (Å²) >= 11 is 0. The quantitative estimate of drug-likeness (QED) is 0.760. The minimum absolute atomic E-state index is 0.0146. The van der Waals surface area contributed by atoms with E-state index in [9.17, 15) is 4.79 Å². The van der Waals surface area contributed by atoms with Gasteiger partial charge in [0.25, 0.3) is 0 Å². The normalized spacial score (nSPS) is 13.7. The van der Waals surface area contributed by atoms with Crippen LogP contribution in [-0.2, 0) is 17.8 Å². The van der Waals surface area contributed by atoms with Crippen LogP contribution in [0.5, 0.6) is 0 Å². The second-order valence-electron chi connectivity index (χ2n) is 5.06. The van der Waals surface area contributed by atoms with Crippen molar-refractivity contribution in [3.05, 3.63) is 72.3 Å². The van der Waals surface area contributed by atoms with E-state index in [0.29, 0.717) is 6.54 Å². The molecule has 0 aliphatic carbocycles. The van der Waals surface area contributed by atoms with E-state index in [1.807, 2.05) is 23.1 Å². The lowest BCUT2D eigenvalue weighted by Gasteiger charge is -2.28. The van der Waals surface area contributed by atoms with Crippen LogP contribution in [0.15, 0.2) is 61.2 Å². The minimum atomic E-state index is 0.0146. The Hall–Kier alpha value is -2.35. The number of benzene rings is 2. The van der Waals surface area contributed by atoms with E-state index in [1.54, 1.807) is 0 Å². The molecule has 0 aromatic heterocycles. The topological polar surface area (TPSA) is 20.3 Å². The molecule has 0 saturated carbocycles. The van der Waals surface area contributed by atoms with Crippen molar-refractivity contribution in [3.63, 3.8) is 0 Å². The Morgan fingerprint density at radius 1 is 1.05 bits per heavy atom. The van der Waals surface area contributed by atoms with E-state index in [1.165, 1.54) is 28.3 Å². The maximum atomic E-state index is 11.7. The molecular formula is C18H17NO. The number of hydrogen-bond acceptors (Lipinski definition) is 1. The third-order valence-corrected chi connectivity index (χ3v) is 3.81. The highest BCUT2D eigenvalue weighted by atomic mass is 16.2. The van der Waals surface area contributed by atoms with Crippen LogP contribution in [0.3, 0.4) is 0 Å². The summed E-state index contributed by atoms with van der Waals surface area (Å²) in [7, 11) is 0. The maximum absolute atomic E-state index is 11.7. The van der Waals surface area contributed by atoms with Crippen LogP contribution >= 0.6 is 0 Å². The van der Waals surface area contributed by atoms with Crippen molar-refractivity contribution >= 4 is 5.91 Å². The molecule has 2 heteroatoms. The molecule has 1 heterocycles. The minimum Gasteiger partial charge on any atom is -0.335 e. The van der Waals surface area contributed by atoms with E-state index < -0.39 is 0 Å². The van der Waals surface area contributed by atoms with Crippen molar-refractivity contribution in [2.45, 2.75) is 13.0 Å². The first-order valence-corrected chi connectivity index (χ1v) is 6.86. The molecule has 0 spiro atoms. The molecule has 0 bridgehead atoms. The Labute approximate surface area is 119 Å². The van der Waals surface area contributed by atoms with Crippen LogP contribution in [0.2, 0.25) is 0 Å². The summed E-state index contributed by atoms with van der Waals surface area (Å²) in [6.07, 6.45) is 2.32. The summed E-state index contributed by atoms with van der Waals surface area (Å²) in [5.41, 5.74) is 5.00. The van der Waals surface area contributed by atoms with E-state index in [4.69, 9.17) is 0 Å². The van der Waals surface area contributed by atoms with Crippen molar-refractivity contribution in [2.75, 3.05) is 6.54 Å². The average Bonchev–Trinajstić information content (AvgIpc) is 2.54. The Morgan fingerprint density at radius 2 is 1.85 bits per heavy atom. The van der Waals surface area contributed by atoms with Crippen molar-refractivity contribution in [1.29, 1.82) is 0 Å². The standard InChI is InChI=1S/C18H17NO/c1-2-18(20)19-11-10-15-8-9-16(12-17(15)13-19)14-6-4-3-5-7-14/h2-9,12H,1,10-11,13H2. The molecule has 0 saturated heterocycles. The first-order valence-electron chi connectivity index (χ1n) is 6.86. The summed E-state index contributed by atoms with van der Waals surface area (Å²) in [4.78, 5) is 13.6. The number of hydrogen-bond donors (Lipinski definition) is 0. The predicted molar refractivity (Wildman–Crippen MR) is 81.2 cm³/mol. The zero-order valence-electron chi connectivity index (χ0n) is 11.4. The zero-order chi connectivity index (χ0) is 13.9. The van der Waals surface area contributed by atoms with Crippen LogP contribution in [0.25, 0.3) is 11.1 Å². The predicted octanol–water partition coefficient (Wildman–Crippen LogP) is 3.42. The van der Waals surface area contributed by atoms with Gasteiger partial charge in [-0.05, 0) is 40.8 Å². The van der Waals surface area contributed by atoms with Gasteiger partial charge in [0.05, 0.1) is 0 Å². The molecule has 2 nitrogen and oxygen atoms in total. The molecule has 1 aliphatic heterocycles. The molecule has 0 N–H and O–H groups in total. The van der Waals surface area contributed by atoms with Crippen molar-refractivity contribution in [3.8, 4) is 11.1 Å². The van der Waals surface area contributed by atoms with Gasteiger partial charge in [-0.25, -0.2) is 0 Å². The van der Waals surface area contributed by atoms with Gasteiger partial charge < -0.3 is 4.90 Å². The molecule has 0 atom stereocenters. The number of carbonyl (C=O) groups is 1. The van der Waals surface area contributed by atoms with Gasteiger partial charge in [-0.3, -0.25) is 4.79 Å². The van der Waals surface area contributed by atoms with Gasteiger partial charge in [-0.15, -0.1) is 0 Å². The van der Waals surface area contributed by atoms with Crippen LogP contribution in [0, 0.1) is 0 Å². The molecule has 100 valence electrons. The maximum Gasteiger partial charge on any atom is 0.246 e. The lowest BCUT2D eigenvalue weighted by Crippen LogP contribution is -2.34. The SMILES string of the molecule is C=CC(=O)N1CCc2ccc(-c3ccccc3)cc2C1. The van der Waals surface area contributed by atoms with Gasteiger partial charge >= 0.3 is 0 Å². The monoisotopic (exact) mass is 263 g/mol. The Bertz CT molecular complexity index is 646. The second-order valence-corrected chi connectivity index (χ2v) is 5.06. The van der Waals surface area contributed by atoms with Gasteiger partial charge in [0, 0.05) is 13.1 Å². The smallest absolute Gasteiger partial charge is 0.246 e. The van der Waals surface area contributed by atoms with E-state index in [-0.39, 0.29) is 5.91 Å². The fraction of sp³-hybridized carbons (Fsp3) is 0.167. The van der Waals surface area contributed by atoms with Crippen molar-refractivity contribution in [1.82, 2.24) is 4.90 Å². The van der Waals surface area contributed by atoms with Crippen LogP contribution in [0.4, 0.5) is 0 Å². The van der Waals surface area contributed by atoms with Crippen LogP contribution < -0.4 is 0 Å². The number of rotatable bonds is 2. The first kappa shape index (κ1) is 12.7. The van der Waals surface area contributed by atoms with Crippen LogP contribution in [-0.4, -0.2) is 17.4 Å². The highest BCUT2D eigenvalue weighted by Gasteiger charge is 2.19.